The van der Waals surface area contributed by atoms with Crippen LogP contribution in [0.25, 0.3) is 0 Å². The fourth-order valence-electron chi connectivity index (χ4n) is 7.39. The molecule has 0 saturated carbocycles. The monoisotopic (exact) mass is 626 g/mol. The molecule has 7 nitrogen and oxygen atoms in total. The first kappa shape index (κ1) is 32.3. The molecule has 1 atom stereocenters. The minimum atomic E-state index is -0.785. The molecule has 1 fully saturated rings. The topological polar surface area (TPSA) is 67.2 Å². The van der Waals surface area contributed by atoms with Gasteiger partial charge >= 0.3 is 0 Å². The van der Waals surface area contributed by atoms with Crippen LogP contribution in [0.5, 0.6) is 0 Å². The number of hydrogen-bond acceptors (Lipinski definition) is 5. The quantitative estimate of drug-likeness (QED) is 0.163. The largest absolute Gasteiger partial charge is 0.348 e. The maximum absolute atomic E-state index is 14.2. The Balaban J connectivity index is 1.30. The number of likely N-dealkylation sites (tertiary alicyclic amines) is 1. The Morgan fingerprint density at radius 3 is 1.74 bits per heavy atom. The van der Waals surface area contributed by atoms with Gasteiger partial charge in [-0.15, -0.1) is 10.2 Å². The second-order valence-electron chi connectivity index (χ2n) is 13.3. The van der Waals surface area contributed by atoms with Gasteiger partial charge in [-0.3, -0.25) is 4.79 Å². The summed E-state index contributed by atoms with van der Waals surface area (Å²) in [5.74, 6) is 0.883. The molecule has 2 heterocycles. The maximum Gasteiger partial charge on any atom is 0.237 e. The highest BCUT2D eigenvalue weighted by atomic mass is 16.2. The molecule has 7 heteroatoms. The highest BCUT2D eigenvalue weighted by Crippen LogP contribution is 2.42. The molecule has 1 aliphatic heterocycles. The van der Waals surface area contributed by atoms with Crippen LogP contribution in [0, 0.1) is 0 Å². The number of carbonyl (C=O) groups excluding carboxylic acids is 1. The molecular formula is C40H46N6O. The predicted molar refractivity (Wildman–Crippen MR) is 187 cm³/mol. The van der Waals surface area contributed by atoms with Crippen LogP contribution in [0.3, 0.4) is 0 Å². The van der Waals surface area contributed by atoms with Crippen molar-refractivity contribution in [1.82, 2.24) is 30.0 Å². The SMILES string of the molecule is CCC(C)(c1ccccc1)n1nnc(C2(c3ccccc3)CCN(CCC(C(=O)N(C)C)(c3ccccc3)c3ccccc3)CC2)n1. The predicted octanol–water partition coefficient (Wildman–Crippen LogP) is 6.69. The molecule has 1 unspecified atom stereocenters. The minimum absolute atomic E-state index is 0.101. The third-order valence-corrected chi connectivity index (χ3v) is 10.5. The number of benzene rings is 4. The Hall–Kier alpha value is -4.62. The van der Waals surface area contributed by atoms with Crippen LogP contribution in [0.15, 0.2) is 121 Å². The van der Waals surface area contributed by atoms with Crippen molar-refractivity contribution in [1.29, 1.82) is 0 Å². The lowest BCUT2D eigenvalue weighted by atomic mass is 9.70. The highest BCUT2D eigenvalue weighted by Gasteiger charge is 2.46. The molecular weight excluding hydrogens is 580 g/mol. The normalized spacial score (nSPS) is 16.3. The van der Waals surface area contributed by atoms with Crippen LogP contribution in [0.4, 0.5) is 0 Å². The maximum atomic E-state index is 14.2. The van der Waals surface area contributed by atoms with Gasteiger partial charge in [0.05, 0.1) is 5.41 Å². The van der Waals surface area contributed by atoms with Crippen LogP contribution >= 0.6 is 0 Å². The van der Waals surface area contributed by atoms with Crippen LogP contribution < -0.4 is 0 Å². The van der Waals surface area contributed by atoms with E-state index in [1.54, 1.807) is 4.90 Å². The van der Waals surface area contributed by atoms with Gasteiger partial charge in [0.15, 0.2) is 5.82 Å². The number of tetrazole rings is 1. The third kappa shape index (κ3) is 6.00. The molecule has 0 spiro atoms. The molecule has 0 N–H and O–H groups in total. The first-order valence-corrected chi connectivity index (χ1v) is 16.8. The Kier molecular flexibility index (Phi) is 9.37. The lowest BCUT2D eigenvalue weighted by Crippen LogP contribution is -2.49. The van der Waals surface area contributed by atoms with Crippen molar-refractivity contribution in [3.05, 3.63) is 149 Å². The summed E-state index contributed by atoms with van der Waals surface area (Å²) in [5.41, 5.74) is 2.91. The van der Waals surface area contributed by atoms with Crippen molar-refractivity contribution < 1.29 is 4.79 Å². The molecule has 1 aromatic heterocycles. The smallest absolute Gasteiger partial charge is 0.237 e. The molecule has 4 aromatic carbocycles. The van der Waals surface area contributed by atoms with Gasteiger partial charge in [0.25, 0.3) is 0 Å². The highest BCUT2D eigenvalue weighted by molar-refractivity contribution is 5.92. The summed E-state index contributed by atoms with van der Waals surface area (Å²) in [6.07, 6.45) is 3.25. The first-order valence-electron chi connectivity index (χ1n) is 16.8. The van der Waals surface area contributed by atoms with Crippen molar-refractivity contribution in [2.24, 2.45) is 0 Å². The second kappa shape index (κ2) is 13.6. The molecule has 0 aliphatic carbocycles. The Morgan fingerprint density at radius 2 is 1.26 bits per heavy atom. The standard InChI is InChI=1S/C40H46N6O/c1-5-38(2,32-18-10-6-11-19-32)46-42-36(41-43-46)39(33-20-12-7-13-21-33)26-29-45(30-27-39)31-28-40(37(47)44(3)4,34-22-14-8-15-23-34)35-24-16-9-17-25-35/h6-25H,5,26-31H2,1-4H3. The molecule has 242 valence electrons. The van der Waals surface area contributed by atoms with E-state index in [1.807, 2.05) is 61.4 Å². The Bertz CT molecular complexity index is 1690. The summed E-state index contributed by atoms with van der Waals surface area (Å²) < 4.78 is 0. The first-order chi connectivity index (χ1) is 22.8. The van der Waals surface area contributed by atoms with Crippen LogP contribution in [-0.4, -0.2) is 69.6 Å². The summed E-state index contributed by atoms with van der Waals surface area (Å²) in [7, 11) is 3.72. The van der Waals surface area contributed by atoms with Crippen molar-refractivity contribution >= 4 is 5.91 Å². The molecule has 47 heavy (non-hydrogen) atoms. The number of likely N-dealkylation sites (N-methyl/N-ethyl adjacent to an activating group) is 1. The average molecular weight is 627 g/mol. The number of rotatable bonds is 11. The number of hydrogen-bond donors (Lipinski definition) is 0. The van der Waals surface area contributed by atoms with Gasteiger partial charge in [0.1, 0.15) is 11.0 Å². The van der Waals surface area contributed by atoms with E-state index < -0.39 is 11.0 Å². The van der Waals surface area contributed by atoms with E-state index in [1.165, 1.54) is 11.1 Å². The zero-order chi connectivity index (χ0) is 32.9. The molecule has 0 bridgehead atoms. The summed E-state index contributed by atoms with van der Waals surface area (Å²) in [6.45, 7) is 6.88. The van der Waals surface area contributed by atoms with Gasteiger partial charge in [-0.05, 0) is 79.7 Å². The van der Waals surface area contributed by atoms with E-state index in [-0.39, 0.29) is 11.3 Å². The van der Waals surface area contributed by atoms with Gasteiger partial charge in [-0.25, -0.2) is 0 Å². The fraction of sp³-hybridized carbons (Fsp3) is 0.350. The van der Waals surface area contributed by atoms with Crippen LogP contribution in [0.2, 0.25) is 0 Å². The van der Waals surface area contributed by atoms with Gasteiger partial charge in [0.2, 0.25) is 5.91 Å². The number of amides is 1. The molecule has 5 aromatic rings. The van der Waals surface area contributed by atoms with Crippen molar-refractivity contribution in [3.63, 3.8) is 0 Å². The van der Waals surface area contributed by atoms with Crippen LogP contribution in [-0.2, 0) is 21.2 Å². The fourth-order valence-corrected chi connectivity index (χ4v) is 7.39. The molecule has 1 saturated heterocycles. The Morgan fingerprint density at radius 1 is 0.766 bits per heavy atom. The zero-order valence-corrected chi connectivity index (χ0v) is 28.1. The summed E-state index contributed by atoms with van der Waals surface area (Å²) in [5, 5.41) is 14.6. The molecule has 1 amide bonds. The lowest BCUT2D eigenvalue weighted by molar-refractivity contribution is -0.133. The Labute approximate surface area is 279 Å². The second-order valence-corrected chi connectivity index (χ2v) is 13.3. The zero-order valence-electron chi connectivity index (χ0n) is 28.1. The summed E-state index contributed by atoms with van der Waals surface area (Å²) in [4.78, 5) is 20.3. The summed E-state index contributed by atoms with van der Waals surface area (Å²) in [6, 6.07) is 41.7. The van der Waals surface area contributed by atoms with Gasteiger partial charge in [-0.2, -0.15) is 4.80 Å². The van der Waals surface area contributed by atoms with E-state index >= 15 is 0 Å². The number of aromatic nitrogens is 4. The molecule has 1 aliphatic rings. The summed E-state index contributed by atoms with van der Waals surface area (Å²) >= 11 is 0. The van der Waals surface area contributed by atoms with Crippen LogP contribution in [0.1, 0.15) is 67.6 Å². The minimum Gasteiger partial charge on any atom is -0.348 e. The van der Waals surface area contributed by atoms with E-state index in [9.17, 15) is 4.79 Å². The van der Waals surface area contributed by atoms with Gasteiger partial charge in [0, 0.05) is 14.1 Å². The van der Waals surface area contributed by atoms with E-state index in [2.05, 4.69) is 103 Å². The number of carbonyl (C=O) groups is 1. The van der Waals surface area contributed by atoms with Gasteiger partial charge in [-0.1, -0.05) is 128 Å². The van der Waals surface area contributed by atoms with Crippen molar-refractivity contribution in [2.75, 3.05) is 33.7 Å². The molecule has 0 radical (unpaired) electrons. The van der Waals surface area contributed by atoms with E-state index in [0.717, 1.165) is 55.8 Å². The van der Waals surface area contributed by atoms with E-state index in [0.29, 0.717) is 6.42 Å². The number of piperidine rings is 1. The van der Waals surface area contributed by atoms with Crippen molar-refractivity contribution in [2.45, 2.75) is 55.9 Å². The average Bonchev–Trinajstić information content (AvgIpc) is 3.65. The lowest BCUT2D eigenvalue weighted by Gasteiger charge is -2.42. The third-order valence-electron chi connectivity index (χ3n) is 10.5. The van der Waals surface area contributed by atoms with E-state index in [4.69, 9.17) is 10.2 Å². The number of nitrogens with zero attached hydrogens (tertiary/aromatic N) is 6. The van der Waals surface area contributed by atoms with Gasteiger partial charge < -0.3 is 9.80 Å². The molecule has 6 rings (SSSR count). The van der Waals surface area contributed by atoms with Crippen molar-refractivity contribution in [3.8, 4) is 0 Å².